The van der Waals surface area contributed by atoms with Gasteiger partial charge in [-0.25, -0.2) is 8.42 Å². The summed E-state index contributed by atoms with van der Waals surface area (Å²) in [4.78, 5) is 0. The predicted molar refractivity (Wildman–Crippen MR) is 72.2 cm³/mol. The molecule has 0 amide bonds. The summed E-state index contributed by atoms with van der Waals surface area (Å²) in [6, 6.07) is 7.82. The molecule has 2 rings (SSSR count). The maximum absolute atomic E-state index is 11.1. The Morgan fingerprint density at radius 3 is 2.67 bits per heavy atom. The smallest absolute Gasteiger partial charge is 0.147 e. The molecule has 0 saturated carbocycles. The number of benzene rings is 1. The fourth-order valence-corrected chi connectivity index (χ4v) is 2.78. The topological polar surface area (TPSA) is 59.3 Å². The van der Waals surface area contributed by atoms with Crippen LogP contribution >= 0.6 is 0 Å². The molecule has 2 aromatic rings. The van der Waals surface area contributed by atoms with Gasteiger partial charge in [-0.3, -0.25) is 0 Å². The Kier molecular flexibility index (Phi) is 3.73. The Morgan fingerprint density at radius 2 is 2.00 bits per heavy atom. The van der Waals surface area contributed by atoms with E-state index < -0.39 is 9.84 Å². The maximum Gasteiger partial charge on any atom is 0.147 e. The number of fused-ring (bicyclic) bond motifs is 1. The van der Waals surface area contributed by atoms with Crippen molar-refractivity contribution in [2.75, 3.05) is 12.0 Å². The molecule has 5 heteroatoms. The summed E-state index contributed by atoms with van der Waals surface area (Å²) in [6.45, 7) is 0.646. The molecule has 1 N–H and O–H groups in total. The molecule has 0 radical (unpaired) electrons. The van der Waals surface area contributed by atoms with Crippen molar-refractivity contribution in [2.24, 2.45) is 0 Å². The summed E-state index contributed by atoms with van der Waals surface area (Å²) in [5.41, 5.74) is 1.92. The zero-order chi connectivity index (χ0) is 13.2. The van der Waals surface area contributed by atoms with Crippen molar-refractivity contribution in [1.82, 2.24) is 4.57 Å². The molecule has 98 valence electrons. The minimum absolute atomic E-state index is 0.000407. The summed E-state index contributed by atoms with van der Waals surface area (Å²) in [5.74, 6) is 0.188. The van der Waals surface area contributed by atoms with Crippen molar-refractivity contribution in [1.29, 1.82) is 0 Å². The Balaban J connectivity index is 2.23. The lowest BCUT2D eigenvalue weighted by Crippen LogP contribution is -2.06. The van der Waals surface area contributed by atoms with Crippen molar-refractivity contribution in [3.05, 3.63) is 36.0 Å². The number of aryl methyl sites for hydroxylation is 1. The highest BCUT2D eigenvalue weighted by Gasteiger charge is 2.08. The molecule has 0 aliphatic carbocycles. The first-order valence-corrected chi connectivity index (χ1v) is 7.92. The van der Waals surface area contributed by atoms with Gasteiger partial charge < -0.3 is 9.67 Å². The van der Waals surface area contributed by atoms with E-state index in [2.05, 4.69) is 0 Å². The highest BCUT2D eigenvalue weighted by atomic mass is 32.2. The Morgan fingerprint density at radius 1 is 1.28 bits per heavy atom. The van der Waals surface area contributed by atoms with E-state index in [1.165, 1.54) is 6.26 Å². The summed E-state index contributed by atoms with van der Waals surface area (Å²) < 4.78 is 24.2. The molecular weight excluding hydrogens is 250 g/mol. The second kappa shape index (κ2) is 5.12. The molecule has 0 aliphatic rings. The van der Waals surface area contributed by atoms with Gasteiger partial charge in [0.2, 0.25) is 0 Å². The zero-order valence-electron chi connectivity index (χ0n) is 10.3. The fraction of sp³-hybridized carbons (Fsp3) is 0.385. The number of rotatable bonds is 5. The number of para-hydroxylation sites is 1. The standard InChI is InChI=1S/C13H17NO3S/c1-18(16,17)8-4-7-14-9-11(10-15)12-5-2-3-6-13(12)14/h2-3,5-6,9,15H,4,7-8,10H2,1H3. The molecule has 18 heavy (non-hydrogen) atoms. The summed E-state index contributed by atoms with van der Waals surface area (Å²) in [5, 5.41) is 10.3. The van der Waals surface area contributed by atoms with Gasteiger partial charge in [0.15, 0.2) is 0 Å². The first kappa shape index (κ1) is 13.1. The van der Waals surface area contributed by atoms with Crippen LogP contribution in [0.25, 0.3) is 10.9 Å². The third-order valence-corrected chi connectivity index (χ3v) is 3.99. The minimum atomic E-state index is -2.91. The molecule has 0 bridgehead atoms. The van der Waals surface area contributed by atoms with E-state index >= 15 is 0 Å². The van der Waals surface area contributed by atoms with Crippen molar-refractivity contribution < 1.29 is 13.5 Å². The SMILES string of the molecule is CS(=O)(=O)CCCn1cc(CO)c2ccccc21. The van der Waals surface area contributed by atoms with E-state index in [-0.39, 0.29) is 12.4 Å². The van der Waals surface area contributed by atoms with Crippen LogP contribution in [-0.4, -0.2) is 30.1 Å². The first-order valence-electron chi connectivity index (χ1n) is 5.86. The van der Waals surface area contributed by atoms with Crippen LogP contribution in [0.1, 0.15) is 12.0 Å². The van der Waals surface area contributed by atoms with Crippen LogP contribution in [0.5, 0.6) is 0 Å². The van der Waals surface area contributed by atoms with Crippen LogP contribution in [0.4, 0.5) is 0 Å². The van der Waals surface area contributed by atoms with Gasteiger partial charge in [0.05, 0.1) is 12.4 Å². The molecule has 0 spiro atoms. The van der Waals surface area contributed by atoms with E-state index in [0.29, 0.717) is 13.0 Å². The predicted octanol–water partition coefficient (Wildman–Crippen LogP) is 1.57. The lowest BCUT2D eigenvalue weighted by molar-refractivity contribution is 0.283. The number of aliphatic hydroxyl groups is 1. The van der Waals surface area contributed by atoms with Crippen LogP contribution in [0.2, 0.25) is 0 Å². The van der Waals surface area contributed by atoms with Gasteiger partial charge in [-0.2, -0.15) is 0 Å². The highest BCUT2D eigenvalue weighted by molar-refractivity contribution is 7.90. The van der Waals surface area contributed by atoms with Crippen LogP contribution in [0.15, 0.2) is 30.5 Å². The summed E-state index contributed by atoms with van der Waals surface area (Å²) in [7, 11) is -2.91. The summed E-state index contributed by atoms with van der Waals surface area (Å²) >= 11 is 0. The van der Waals surface area contributed by atoms with Crippen molar-refractivity contribution >= 4 is 20.7 Å². The second-order valence-electron chi connectivity index (χ2n) is 4.51. The number of aliphatic hydroxyl groups excluding tert-OH is 1. The first-order chi connectivity index (χ1) is 8.51. The summed E-state index contributed by atoms with van der Waals surface area (Å²) in [6.07, 6.45) is 3.73. The van der Waals surface area contributed by atoms with Crippen molar-refractivity contribution in [2.45, 2.75) is 19.6 Å². The number of hydrogen-bond acceptors (Lipinski definition) is 3. The minimum Gasteiger partial charge on any atom is -0.392 e. The second-order valence-corrected chi connectivity index (χ2v) is 6.77. The van der Waals surface area contributed by atoms with E-state index in [4.69, 9.17) is 0 Å². The molecule has 0 aliphatic heterocycles. The van der Waals surface area contributed by atoms with Gasteiger partial charge in [0.25, 0.3) is 0 Å². The number of sulfone groups is 1. The lowest BCUT2D eigenvalue weighted by atomic mass is 10.2. The zero-order valence-corrected chi connectivity index (χ0v) is 11.2. The molecule has 0 unspecified atom stereocenters. The fourth-order valence-electron chi connectivity index (χ4n) is 2.13. The van der Waals surface area contributed by atoms with E-state index in [1.54, 1.807) is 0 Å². The van der Waals surface area contributed by atoms with Crippen LogP contribution in [-0.2, 0) is 23.0 Å². The molecule has 1 aromatic carbocycles. The van der Waals surface area contributed by atoms with Gasteiger partial charge in [-0.05, 0) is 12.5 Å². The van der Waals surface area contributed by atoms with Crippen LogP contribution in [0.3, 0.4) is 0 Å². The molecule has 4 nitrogen and oxygen atoms in total. The van der Waals surface area contributed by atoms with Crippen LogP contribution < -0.4 is 0 Å². The van der Waals surface area contributed by atoms with Crippen molar-refractivity contribution in [3.8, 4) is 0 Å². The molecular formula is C13H17NO3S. The van der Waals surface area contributed by atoms with Gasteiger partial charge >= 0.3 is 0 Å². The van der Waals surface area contributed by atoms with Gasteiger partial charge in [-0.15, -0.1) is 0 Å². The van der Waals surface area contributed by atoms with E-state index in [1.807, 2.05) is 35.0 Å². The molecule has 0 fully saturated rings. The Labute approximate surface area is 107 Å². The lowest BCUT2D eigenvalue weighted by Gasteiger charge is -2.04. The normalized spacial score (nSPS) is 12.1. The van der Waals surface area contributed by atoms with Gasteiger partial charge in [-0.1, -0.05) is 18.2 Å². The third kappa shape index (κ3) is 2.91. The Hall–Kier alpha value is -1.33. The molecule has 1 heterocycles. The number of nitrogens with zero attached hydrogens (tertiary/aromatic N) is 1. The van der Waals surface area contributed by atoms with Gasteiger partial charge in [0.1, 0.15) is 9.84 Å². The van der Waals surface area contributed by atoms with E-state index in [9.17, 15) is 13.5 Å². The highest BCUT2D eigenvalue weighted by Crippen LogP contribution is 2.21. The molecule has 0 atom stereocenters. The quantitative estimate of drug-likeness (QED) is 0.894. The van der Waals surface area contributed by atoms with E-state index in [0.717, 1.165) is 16.5 Å². The average Bonchev–Trinajstić information content (AvgIpc) is 2.66. The number of hydrogen-bond donors (Lipinski definition) is 1. The molecule has 0 saturated heterocycles. The van der Waals surface area contributed by atoms with Gasteiger partial charge in [0, 0.05) is 35.5 Å². The average molecular weight is 267 g/mol. The monoisotopic (exact) mass is 267 g/mol. The third-order valence-electron chi connectivity index (χ3n) is 2.96. The van der Waals surface area contributed by atoms with Crippen molar-refractivity contribution in [3.63, 3.8) is 0 Å². The Bertz CT molecular complexity index is 643. The van der Waals surface area contributed by atoms with Crippen LogP contribution in [0, 0.1) is 0 Å². The number of aromatic nitrogens is 1. The largest absolute Gasteiger partial charge is 0.392 e. The molecule has 1 aromatic heterocycles. The maximum atomic E-state index is 11.1.